The fourth-order valence-electron chi connectivity index (χ4n) is 3.37. The standard InChI is InChI=1S/C24H23N3O2S2/c1-4-29-20-12-10-17(11-13-20)22-18(15-26(25-22)19-8-6-5-7-9-19)14-21-23(28)27(16(2)3)24(30)31-21/h5-16H,4H2,1-3H3/b21-14-. The van der Waals surface area contributed by atoms with Gasteiger partial charge in [0.1, 0.15) is 10.1 Å². The van der Waals surface area contributed by atoms with Crippen molar-refractivity contribution in [2.75, 3.05) is 6.61 Å². The van der Waals surface area contributed by atoms with Gasteiger partial charge in [-0.25, -0.2) is 4.68 Å². The zero-order valence-electron chi connectivity index (χ0n) is 17.6. The van der Waals surface area contributed by atoms with E-state index in [4.69, 9.17) is 22.1 Å². The van der Waals surface area contributed by atoms with Crippen LogP contribution in [-0.2, 0) is 4.79 Å². The fourth-order valence-corrected chi connectivity index (χ4v) is 4.89. The van der Waals surface area contributed by atoms with Gasteiger partial charge in [0.25, 0.3) is 5.91 Å². The lowest BCUT2D eigenvalue weighted by Gasteiger charge is -2.18. The molecular weight excluding hydrogens is 426 g/mol. The molecule has 0 atom stereocenters. The molecule has 31 heavy (non-hydrogen) atoms. The number of ether oxygens (including phenoxy) is 1. The Labute approximate surface area is 191 Å². The number of benzene rings is 2. The van der Waals surface area contributed by atoms with Gasteiger partial charge in [0, 0.05) is 23.4 Å². The maximum absolute atomic E-state index is 12.9. The molecular formula is C24H23N3O2S2. The Balaban J connectivity index is 1.78. The van der Waals surface area contributed by atoms with Crippen LogP contribution in [0.5, 0.6) is 5.75 Å². The Morgan fingerprint density at radius 2 is 1.84 bits per heavy atom. The van der Waals surface area contributed by atoms with Crippen LogP contribution < -0.4 is 4.74 Å². The van der Waals surface area contributed by atoms with Crippen LogP contribution in [0.3, 0.4) is 0 Å². The summed E-state index contributed by atoms with van der Waals surface area (Å²) in [4.78, 5) is 15.2. The summed E-state index contributed by atoms with van der Waals surface area (Å²) in [7, 11) is 0. The first-order chi connectivity index (χ1) is 15.0. The summed E-state index contributed by atoms with van der Waals surface area (Å²) in [6.45, 7) is 6.50. The minimum Gasteiger partial charge on any atom is -0.494 e. The molecule has 1 fully saturated rings. The lowest BCUT2D eigenvalue weighted by Crippen LogP contribution is -2.34. The molecule has 2 heterocycles. The predicted molar refractivity (Wildman–Crippen MR) is 130 cm³/mol. The molecule has 1 aromatic heterocycles. The number of hydrogen-bond donors (Lipinski definition) is 0. The van der Waals surface area contributed by atoms with Crippen molar-refractivity contribution in [1.29, 1.82) is 0 Å². The third-order valence-corrected chi connectivity index (χ3v) is 6.16. The van der Waals surface area contributed by atoms with E-state index < -0.39 is 0 Å². The van der Waals surface area contributed by atoms with Gasteiger partial charge in [0.05, 0.1) is 22.9 Å². The number of thioether (sulfide) groups is 1. The van der Waals surface area contributed by atoms with Crippen molar-refractivity contribution in [2.24, 2.45) is 0 Å². The zero-order chi connectivity index (χ0) is 22.0. The van der Waals surface area contributed by atoms with Crippen LogP contribution in [0.4, 0.5) is 0 Å². The van der Waals surface area contributed by atoms with Gasteiger partial charge in [0.15, 0.2) is 0 Å². The van der Waals surface area contributed by atoms with E-state index in [1.165, 1.54) is 11.8 Å². The third kappa shape index (κ3) is 4.43. The molecule has 7 heteroatoms. The van der Waals surface area contributed by atoms with E-state index in [1.54, 1.807) is 4.90 Å². The van der Waals surface area contributed by atoms with Gasteiger partial charge in [-0.1, -0.05) is 42.2 Å². The molecule has 1 aliphatic rings. The van der Waals surface area contributed by atoms with Crippen molar-refractivity contribution < 1.29 is 9.53 Å². The predicted octanol–water partition coefficient (Wildman–Crippen LogP) is 5.55. The largest absolute Gasteiger partial charge is 0.494 e. The normalized spacial score (nSPS) is 15.4. The second-order valence-electron chi connectivity index (χ2n) is 7.32. The highest BCUT2D eigenvalue weighted by Crippen LogP contribution is 2.36. The number of para-hydroxylation sites is 1. The van der Waals surface area contributed by atoms with E-state index >= 15 is 0 Å². The molecule has 0 unspecified atom stereocenters. The fraction of sp³-hybridized carbons (Fsp3) is 0.208. The molecule has 0 N–H and O–H groups in total. The van der Waals surface area contributed by atoms with E-state index in [1.807, 2.05) is 92.3 Å². The van der Waals surface area contributed by atoms with Gasteiger partial charge in [-0.15, -0.1) is 0 Å². The minimum atomic E-state index is -0.0601. The lowest BCUT2D eigenvalue weighted by molar-refractivity contribution is -0.123. The molecule has 158 valence electrons. The van der Waals surface area contributed by atoms with Crippen molar-refractivity contribution in [1.82, 2.24) is 14.7 Å². The third-order valence-electron chi connectivity index (χ3n) is 4.83. The van der Waals surface area contributed by atoms with E-state index in [0.29, 0.717) is 15.8 Å². The second-order valence-corrected chi connectivity index (χ2v) is 8.99. The number of rotatable bonds is 6. The van der Waals surface area contributed by atoms with Crippen molar-refractivity contribution in [3.8, 4) is 22.7 Å². The highest BCUT2D eigenvalue weighted by atomic mass is 32.2. The first-order valence-corrected chi connectivity index (χ1v) is 11.4. The highest BCUT2D eigenvalue weighted by Gasteiger charge is 2.34. The van der Waals surface area contributed by atoms with Gasteiger partial charge in [-0.3, -0.25) is 9.69 Å². The molecule has 1 amide bonds. The van der Waals surface area contributed by atoms with E-state index in [-0.39, 0.29) is 11.9 Å². The Bertz CT molecular complexity index is 1140. The summed E-state index contributed by atoms with van der Waals surface area (Å²) in [5, 5.41) is 4.83. The summed E-state index contributed by atoms with van der Waals surface area (Å²) >= 11 is 6.76. The average molecular weight is 450 g/mol. The number of amides is 1. The lowest BCUT2D eigenvalue weighted by atomic mass is 10.1. The molecule has 1 aliphatic heterocycles. The molecule has 0 saturated carbocycles. The molecule has 3 aromatic rings. The maximum Gasteiger partial charge on any atom is 0.266 e. The quantitative estimate of drug-likeness (QED) is 0.365. The van der Waals surface area contributed by atoms with Crippen LogP contribution in [0.2, 0.25) is 0 Å². The molecule has 4 rings (SSSR count). The van der Waals surface area contributed by atoms with Crippen LogP contribution in [0.15, 0.2) is 65.7 Å². The smallest absolute Gasteiger partial charge is 0.266 e. The first-order valence-electron chi connectivity index (χ1n) is 10.1. The van der Waals surface area contributed by atoms with Crippen LogP contribution in [0.1, 0.15) is 26.3 Å². The van der Waals surface area contributed by atoms with Crippen molar-refractivity contribution in [3.63, 3.8) is 0 Å². The highest BCUT2D eigenvalue weighted by molar-refractivity contribution is 8.26. The van der Waals surface area contributed by atoms with Crippen LogP contribution in [-0.4, -0.2) is 37.6 Å². The molecule has 5 nitrogen and oxygen atoms in total. The zero-order valence-corrected chi connectivity index (χ0v) is 19.2. The second kappa shape index (κ2) is 9.08. The van der Waals surface area contributed by atoms with E-state index in [2.05, 4.69) is 0 Å². The number of carbonyl (C=O) groups is 1. The molecule has 1 saturated heterocycles. The van der Waals surface area contributed by atoms with Gasteiger partial charge in [-0.05, 0) is 63.2 Å². The van der Waals surface area contributed by atoms with Crippen LogP contribution >= 0.6 is 24.0 Å². The summed E-state index contributed by atoms with van der Waals surface area (Å²) in [6.07, 6.45) is 3.84. The monoisotopic (exact) mass is 449 g/mol. The summed E-state index contributed by atoms with van der Waals surface area (Å²) in [5.41, 5.74) is 3.55. The number of aromatic nitrogens is 2. The number of thiocarbonyl (C=S) groups is 1. The van der Waals surface area contributed by atoms with E-state index in [9.17, 15) is 4.79 Å². The Morgan fingerprint density at radius 3 is 2.45 bits per heavy atom. The van der Waals surface area contributed by atoms with Crippen molar-refractivity contribution >= 4 is 40.3 Å². The molecule has 0 spiro atoms. The Hall–Kier alpha value is -2.90. The Morgan fingerprint density at radius 1 is 1.13 bits per heavy atom. The molecule has 0 radical (unpaired) electrons. The number of hydrogen-bond acceptors (Lipinski definition) is 5. The topological polar surface area (TPSA) is 47.4 Å². The van der Waals surface area contributed by atoms with Gasteiger partial charge in [0.2, 0.25) is 0 Å². The van der Waals surface area contributed by atoms with Crippen molar-refractivity contribution in [3.05, 3.63) is 71.3 Å². The maximum atomic E-state index is 12.9. The number of carbonyl (C=O) groups excluding carboxylic acids is 1. The Kier molecular flexibility index (Phi) is 6.25. The van der Waals surface area contributed by atoms with Gasteiger partial charge < -0.3 is 4.74 Å². The average Bonchev–Trinajstić information content (AvgIpc) is 3.30. The first kappa shape index (κ1) is 21.3. The molecule has 0 bridgehead atoms. The number of nitrogens with zero attached hydrogens (tertiary/aromatic N) is 3. The molecule has 0 aliphatic carbocycles. The van der Waals surface area contributed by atoms with Crippen molar-refractivity contribution in [2.45, 2.75) is 26.8 Å². The van der Waals surface area contributed by atoms with Gasteiger partial charge >= 0.3 is 0 Å². The van der Waals surface area contributed by atoms with Crippen LogP contribution in [0.25, 0.3) is 23.0 Å². The SMILES string of the molecule is CCOc1ccc(-c2nn(-c3ccccc3)cc2/C=C2\SC(=S)N(C(C)C)C2=O)cc1. The van der Waals surface area contributed by atoms with Gasteiger partial charge in [-0.2, -0.15) is 5.10 Å². The molecule has 2 aromatic carbocycles. The summed E-state index contributed by atoms with van der Waals surface area (Å²) in [6, 6.07) is 17.8. The van der Waals surface area contributed by atoms with Crippen LogP contribution in [0, 0.1) is 0 Å². The minimum absolute atomic E-state index is 0.0241. The van der Waals surface area contributed by atoms with E-state index in [0.717, 1.165) is 28.3 Å². The summed E-state index contributed by atoms with van der Waals surface area (Å²) < 4.78 is 7.99. The summed E-state index contributed by atoms with van der Waals surface area (Å²) in [5.74, 6) is 0.753.